The molecule has 1 aromatic carbocycles. The van der Waals surface area contributed by atoms with E-state index in [4.69, 9.17) is 16.3 Å². The van der Waals surface area contributed by atoms with Gasteiger partial charge < -0.3 is 25.0 Å². The Morgan fingerprint density at radius 3 is 2.77 bits per heavy atom. The number of nitrogens with zero attached hydrogens (tertiary/aromatic N) is 1. The highest BCUT2D eigenvalue weighted by molar-refractivity contribution is 6.30. The first-order valence-electron chi connectivity index (χ1n) is 9.40. The summed E-state index contributed by atoms with van der Waals surface area (Å²) in [5.41, 5.74) is -0.156. The van der Waals surface area contributed by atoms with E-state index in [0.717, 1.165) is 11.6 Å². The van der Waals surface area contributed by atoms with Gasteiger partial charge in [0.05, 0.1) is 11.6 Å². The minimum atomic E-state index is -2.84. The Hall–Kier alpha value is -2.98. The number of fused-ring (bicyclic) bond motifs is 2. The lowest BCUT2D eigenvalue weighted by molar-refractivity contribution is -0.123. The SMILES string of the molecule is O=C(COc1cccc(Cl)c1)NC1=C2CC(NC(=O)c3cc(C(F)F)no3)(C2)C[C@@H]1O. The lowest BCUT2D eigenvalue weighted by Crippen LogP contribution is -2.61. The van der Waals surface area contributed by atoms with Gasteiger partial charge in [0, 0.05) is 23.2 Å². The second kappa shape index (κ2) is 8.27. The number of nitrogens with one attached hydrogen (secondary N) is 2. The highest BCUT2D eigenvalue weighted by atomic mass is 35.5. The molecule has 3 N–H and O–H groups in total. The average Bonchev–Trinajstić information content (AvgIpc) is 3.18. The smallest absolute Gasteiger partial charge is 0.290 e. The number of rotatable bonds is 7. The van der Waals surface area contributed by atoms with E-state index in [1.807, 2.05) is 0 Å². The Labute approximate surface area is 180 Å². The molecule has 3 aliphatic rings. The Morgan fingerprint density at radius 2 is 2.13 bits per heavy atom. The molecule has 2 amide bonds. The first-order chi connectivity index (χ1) is 14.7. The van der Waals surface area contributed by atoms with E-state index in [0.29, 0.717) is 29.3 Å². The van der Waals surface area contributed by atoms with Crippen LogP contribution in [0.3, 0.4) is 0 Å². The van der Waals surface area contributed by atoms with Crippen molar-refractivity contribution in [2.75, 3.05) is 6.61 Å². The van der Waals surface area contributed by atoms with E-state index in [1.54, 1.807) is 24.3 Å². The van der Waals surface area contributed by atoms with Crippen molar-refractivity contribution in [2.45, 2.75) is 37.3 Å². The third kappa shape index (κ3) is 4.54. The molecular formula is C20H18ClF2N3O5. The molecule has 8 nitrogen and oxygen atoms in total. The topological polar surface area (TPSA) is 114 Å². The number of ether oxygens (including phenoxy) is 1. The lowest BCUT2D eigenvalue weighted by atomic mass is 9.63. The van der Waals surface area contributed by atoms with E-state index in [1.165, 1.54) is 0 Å². The molecule has 1 heterocycles. The van der Waals surface area contributed by atoms with Gasteiger partial charge in [-0.1, -0.05) is 22.8 Å². The van der Waals surface area contributed by atoms with Gasteiger partial charge in [0.15, 0.2) is 12.3 Å². The minimum Gasteiger partial charge on any atom is -0.484 e. The van der Waals surface area contributed by atoms with Crippen LogP contribution in [-0.4, -0.2) is 40.3 Å². The number of halogens is 3. The molecule has 31 heavy (non-hydrogen) atoms. The number of benzene rings is 1. The summed E-state index contributed by atoms with van der Waals surface area (Å²) in [6.07, 6.45) is -2.86. The molecule has 11 heteroatoms. The van der Waals surface area contributed by atoms with Gasteiger partial charge in [-0.15, -0.1) is 0 Å². The van der Waals surface area contributed by atoms with E-state index in [9.17, 15) is 23.5 Å². The van der Waals surface area contributed by atoms with E-state index in [2.05, 4.69) is 20.3 Å². The summed E-state index contributed by atoms with van der Waals surface area (Å²) in [5.74, 6) is -1.01. The molecule has 0 unspecified atom stereocenters. The van der Waals surface area contributed by atoms with Crippen LogP contribution in [-0.2, 0) is 4.79 Å². The van der Waals surface area contributed by atoms with E-state index >= 15 is 0 Å². The van der Waals surface area contributed by atoms with Crippen LogP contribution >= 0.6 is 11.6 Å². The van der Waals surface area contributed by atoms with Gasteiger partial charge in [0.25, 0.3) is 18.2 Å². The zero-order valence-corrected chi connectivity index (χ0v) is 16.8. The summed E-state index contributed by atoms with van der Waals surface area (Å²) in [5, 5.41) is 19.5. The van der Waals surface area contributed by atoms with Gasteiger partial charge in [-0.05, 0) is 36.6 Å². The third-order valence-electron chi connectivity index (χ3n) is 5.20. The molecule has 164 valence electrons. The van der Waals surface area contributed by atoms with Gasteiger partial charge in [-0.25, -0.2) is 8.78 Å². The lowest BCUT2D eigenvalue weighted by Gasteiger charge is -2.51. The second-order valence-electron chi connectivity index (χ2n) is 7.54. The van der Waals surface area contributed by atoms with Crippen molar-refractivity contribution in [3.8, 4) is 5.75 Å². The molecule has 2 bridgehead atoms. The van der Waals surface area contributed by atoms with Gasteiger partial charge in [-0.2, -0.15) is 0 Å². The molecule has 0 aliphatic heterocycles. The molecule has 1 aromatic heterocycles. The first-order valence-corrected chi connectivity index (χ1v) is 9.78. The normalized spacial score (nSPS) is 22.2. The van der Waals surface area contributed by atoms with E-state index < -0.39 is 35.6 Å². The summed E-state index contributed by atoms with van der Waals surface area (Å²) in [6.45, 7) is -0.260. The molecule has 5 rings (SSSR count). The summed E-state index contributed by atoms with van der Waals surface area (Å²) in [4.78, 5) is 24.5. The maximum atomic E-state index is 12.6. The summed E-state index contributed by atoms with van der Waals surface area (Å²) in [7, 11) is 0. The van der Waals surface area contributed by atoms with Crippen molar-refractivity contribution in [3.05, 3.63) is 58.1 Å². The van der Waals surface area contributed by atoms with Crippen LogP contribution in [0.2, 0.25) is 5.02 Å². The first kappa shape index (κ1) is 21.3. The highest BCUT2D eigenvalue weighted by Crippen LogP contribution is 2.48. The summed E-state index contributed by atoms with van der Waals surface area (Å²) >= 11 is 5.87. The number of aromatic nitrogens is 1. The summed E-state index contributed by atoms with van der Waals surface area (Å²) < 4.78 is 35.3. The zero-order valence-electron chi connectivity index (χ0n) is 16.0. The maximum absolute atomic E-state index is 12.6. The number of hydrogen-bond donors (Lipinski definition) is 3. The van der Waals surface area contributed by atoms with Crippen LogP contribution in [0.1, 0.15) is 41.9 Å². The molecular weight excluding hydrogens is 436 g/mol. The summed E-state index contributed by atoms with van der Waals surface area (Å²) in [6, 6.07) is 7.50. The Kier molecular flexibility index (Phi) is 5.67. The fraction of sp³-hybridized carbons (Fsp3) is 0.350. The molecule has 0 spiro atoms. The average molecular weight is 454 g/mol. The second-order valence-corrected chi connectivity index (χ2v) is 7.97. The number of aliphatic hydroxyl groups excluding tert-OH is 1. The zero-order chi connectivity index (χ0) is 22.2. The minimum absolute atomic E-state index is 0.156. The van der Waals surface area contributed by atoms with Crippen molar-refractivity contribution in [1.29, 1.82) is 0 Å². The van der Waals surface area contributed by atoms with Crippen molar-refractivity contribution >= 4 is 23.4 Å². The van der Waals surface area contributed by atoms with Crippen LogP contribution in [0.4, 0.5) is 8.78 Å². The molecule has 1 saturated carbocycles. The number of amides is 2. The predicted octanol–water partition coefficient (Wildman–Crippen LogP) is 2.74. The van der Waals surface area contributed by atoms with Crippen molar-refractivity contribution < 1.29 is 32.7 Å². The number of carbonyl (C=O) groups excluding carboxylic acids is 2. The van der Waals surface area contributed by atoms with Crippen LogP contribution < -0.4 is 15.4 Å². The Bertz CT molecular complexity index is 1050. The number of aliphatic hydroxyl groups is 1. The largest absolute Gasteiger partial charge is 0.484 e. The van der Waals surface area contributed by atoms with Crippen molar-refractivity contribution in [2.24, 2.45) is 0 Å². The van der Waals surface area contributed by atoms with Crippen LogP contribution in [0.15, 0.2) is 46.1 Å². The van der Waals surface area contributed by atoms with Gasteiger partial charge >= 0.3 is 0 Å². The highest BCUT2D eigenvalue weighted by Gasteiger charge is 2.50. The monoisotopic (exact) mass is 453 g/mol. The molecule has 0 radical (unpaired) electrons. The quantitative estimate of drug-likeness (QED) is 0.594. The fourth-order valence-electron chi connectivity index (χ4n) is 3.81. The maximum Gasteiger partial charge on any atom is 0.290 e. The van der Waals surface area contributed by atoms with Crippen LogP contribution in [0.25, 0.3) is 0 Å². The standard InChI is InChI=1S/C20H18ClF2N3O5/c21-11-2-1-3-12(4-11)30-9-16(28)24-17-10-6-20(7-10,8-14(17)27)25-19(29)15-5-13(18(22)23)26-31-15/h1-5,14,18,27H,6-9H2,(H,24,28)(H,25,29)/t14-/m0/s1. The predicted molar refractivity (Wildman–Crippen MR) is 104 cm³/mol. The van der Waals surface area contributed by atoms with Gasteiger partial charge in [-0.3, -0.25) is 9.59 Å². The van der Waals surface area contributed by atoms with E-state index in [-0.39, 0.29) is 18.8 Å². The van der Waals surface area contributed by atoms with Gasteiger partial charge in [0.2, 0.25) is 5.76 Å². The molecule has 1 atom stereocenters. The number of alkyl halides is 2. The van der Waals surface area contributed by atoms with Gasteiger partial charge in [0.1, 0.15) is 5.75 Å². The van der Waals surface area contributed by atoms with Crippen molar-refractivity contribution in [3.63, 3.8) is 0 Å². The Morgan fingerprint density at radius 1 is 1.35 bits per heavy atom. The third-order valence-corrected chi connectivity index (χ3v) is 5.43. The molecule has 2 aromatic rings. The molecule has 0 saturated heterocycles. The van der Waals surface area contributed by atoms with Crippen LogP contribution in [0.5, 0.6) is 5.75 Å². The molecule has 3 aliphatic carbocycles. The fourth-order valence-corrected chi connectivity index (χ4v) is 3.99. The van der Waals surface area contributed by atoms with Crippen LogP contribution in [0, 0.1) is 0 Å². The Balaban J connectivity index is 1.33. The van der Waals surface area contributed by atoms with Crippen molar-refractivity contribution in [1.82, 2.24) is 15.8 Å². The number of carbonyl (C=O) groups is 2. The molecule has 1 fully saturated rings. The number of hydrogen-bond acceptors (Lipinski definition) is 6.